The van der Waals surface area contributed by atoms with Gasteiger partial charge in [-0.15, -0.1) is 0 Å². The number of nitrogens with one attached hydrogen (secondary N) is 2. The maximum absolute atomic E-state index is 13.9. The monoisotopic (exact) mass is 440 g/mol. The first-order chi connectivity index (χ1) is 15.3. The zero-order chi connectivity index (χ0) is 22.8. The molecule has 1 saturated heterocycles. The highest BCUT2D eigenvalue weighted by atomic mass is 19.1. The van der Waals surface area contributed by atoms with Crippen LogP contribution in [-0.2, 0) is 11.8 Å². The van der Waals surface area contributed by atoms with Crippen molar-refractivity contribution in [3.05, 3.63) is 71.4 Å². The van der Waals surface area contributed by atoms with E-state index in [-0.39, 0.29) is 24.6 Å². The second-order valence-electron chi connectivity index (χ2n) is 7.80. The van der Waals surface area contributed by atoms with Crippen molar-refractivity contribution in [2.24, 2.45) is 13.0 Å². The lowest BCUT2D eigenvalue weighted by Crippen LogP contribution is -2.48. The average molecular weight is 440 g/mol. The van der Waals surface area contributed by atoms with E-state index >= 15 is 0 Å². The summed E-state index contributed by atoms with van der Waals surface area (Å²) in [6, 6.07) is 10.3. The number of hydrogen-bond acceptors (Lipinski definition) is 3. The van der Waals surface area contributed by atoms with E-state index in [0.29, 0.717) is 24.5 Å². The lowest BCUT2D eigenvalue weighted by molar-refractivity contribution is -0.127. The molecule has 0 aliphatic carbocycles. The number of para-hydroxylation sites is 1. The Morgan fingerprint density at radius 2 is 1.69 bits per heavy atom. The maximum atomic E-state index is 13.9. The smallest absolute Gasteiger partial charge is 0.271 e. The largest absolute Gasteiger partial charge is 0.350 e. The number of amides is 3. The number of rotatable bonds is 3. The zero-order valence-electron chi connectivity index (χ0n) is 17.4. The van der Waals surface area contributed by atoms with Gasteiger partial charge in [-0.05, 0) is 31.0 Å². The number of aromatic nitrogens is 1. The predicted molar refractivity (Wildman–Crippen MR) is 114 cm³/mol. The van der Waals surface area contributed by atoms with Crippen molar-refractivity contribution in [3.63, 3.8) is 0 Å². The number of nitrogens with zero attached hydrogens (tertiary/aromatic N) is 2. The van der Waals surface area contributed by atoms with Crippen molar-refractivity contribution in [3.8, 4) is 0 Å². The molecule has 166 valence electrons. The molecular weight excluding hydrogens is 418 g/mol. The molecule has 2 N–H and O–H groups in total. The molecule has 3 aromatic rings. The van der Waals surface area contributed by atoms with Crippen molar-refractivity contribution < 1.29 is 23.2 Å². The second-order valence-corrected chi connectivity index (χ2v) is 7.80. The number of halogens is 2. The van der Waals surface area contributed by atoms with Gasteiger partial charge in [-0.3, -0.25) is 25.2 Å². The number of aryl methyl sites for hydroxylation is 1. The molecule has 0 bridgehead atoms. The minimum atomic E-state index is -0.911. The molecule has 0 saturated carbocycles. The van der Waals surface area contributed by atoms with Crippen LogP contribution >= 0.6 is 0 Å². The molecule has 1 aromatic heterocycles. The van der Waals surface area contributed by atoms with Gasteiger partial charge in [0.15, 0.2) is 0 Å². The van der Waals surface area contributed by atoms with Crippen LogP contribution in [0.4, 0.5) is 8.78 Å². The third-order valence-electron chi connectivity index (χ3n) is 5.76. The Balaban J connectivity index is 1.32. The lowest BCUT2D eigenvalue weighted by Gasteiger charge is -2.31. The van der Waals surface area contributed by atoms with Gasteiger partial charge in [-0.2, -0.15) is 0 Å². The van der Waals surface area contributed by atoms with Gasteiger partial charge in [0.2, 0.25) is 5.91 Å². The number of hydrazine groups is 1. The fourth-order valence-electron chi connectivity index (χ4n) is 3.99. The van der Waals surface area contributed by atoms with Crippen molar-refractivity contribution in [1.82, 2.24) is 20.3 Å². The molecule has 32 heavy (non-hydrogen) atoms. The first-order valence-corrected chi connectivity index (χ1v) is 10.2. The maximum Gasteiger partial charge on any atom is 0.271 e. The molecule has 9 heteroatoms. The van der Waals surface area contributed by atoms with Crippen LogP contribution in [0.3, 0.4) is 0 Å². The van der Waals surface area contributed by atoms with Gasteiger partial charge in [-0.25, -0.2) is 8.78 Å². The zero-order valence-corrected chi connectivity index (χ0v) is 17.4. The standard InChI is InChI=1S/C23H22F2N4O3/c1-28-13-18(16-4-2-3-5-20(16)28)22(31)27-26-21(30)14-8-10-29(11-9-14)23(32)17-7-6-15(24)12-19(17)25/h2-7,12-14H,8-11H2,1H3,(H,26,30)(H,27,31). The highest BCUT2D eigenvalue weighted by Gasteiger charge is 2.29. The molecule has 0 spiro atoms. The third kappa shape index (κ3) is 4.18. The fourth-order valence-corrected chi connectivity index (χ4v) is 3.99. The Hall–Kier alpha value is -3.75. The van der Waals surface area contributed by atoms with Crippen molar-refractivity contribution >= 4 is 28.6 Å². The molecule has 3 amide bonds. The van der Waals surface area contributed by atoms with Crippen LogP contribution in [0, 0.1) is 17.6 Å². The number of fused-ring (bicyclic) bond motifs is 1. The minimum absolute atomic E-state index is 0.198. The van der Waals surface area contributed by atoms with Crippen molar-refractivity contribution in [1.29, 1.82) is 0 Å². The van der Waals surface area contributed by atoms with E-state index in [0.717, 1.165) is 23.0 Å². The summed E-state index contributed by atoms with van der Waals surface area (Å²) in [6.45, 7) is 0.510. The summed E-state index contributed by atoms with van der Waals surface area (Å²) in [7, 11) is 1.84. The number of piperidine rings is 1. The molecule has 7 nitrogen and oxygen atoms in total. The van der Waals surface area contributed by atoms with E-state index in [9.17, 15) is 23.2 Å². The Morgan fingerprint density at radius 3 is 2.41 bits per heavy atom. The quantitative estimate of drug-likeness (QED) is 0.615. The van der Waals surface area contributed by atoms with Crippen LogP contribution in [0.2, 0.25) is 0 Å². The van der Waals surface area contributed by atoms with Gasteiger partial charge in [0.1, 0.15) is 11.6 Å². The van der Waals surface area contributed by atoms with E-state index in [4.69, 9.17) is 0 Å². The average Bonchev–Trinajstić information content (AvgIpc) is 3.14. The van der Waals surface area contributed by atoms with Gasteiger partial charge in [-0.1, -0.05) is 18.2 Å². The summed E-state index contributed by atoms with van der Waals surface area (Å²) in [5, 5.41) is 0.779. The van der Waals surface area contributed by atoms with Gasteiger partial charge in [0.05, 0.1) is 11.1 Å². The number of likely N-dealkylation sites (tertiary alicyclic amines) is 1. The summed E-state index contributed by atoms with van der Waals surface area (Å²) in [4.78, 5) is 39.0. The Morgan fingerprint density at radius 1 is 0.969 bits per heavy atom. The summed E-state index contributed by atoms with van der Waals surface area (Å²) in [6.07, 6.45) is 2.43. The van der Waals surface area contributed by atoms with Gasteiger partial charge in [0.25, 0.3) is 11.8 Å². The predicted octanol–water partition coefficient (Wildman–Crippen LogP) is 2.77. The molecule has 0 atom stereocenters. The van der Waals surface area contributed by atoms with Crippen LogP contribution in [0.1, 0.15) is 33.6 Å². The Labute approximate surface area is 183 Å². The SMILES string of the molecule is Cn1cc(C(=O)NNC(=O)C2CCN(C(=O)c3ccc(F)cc3F)CC2)c2ccccc21. The van der Waals surface area contributed by atoms with Gasteiger partial charge < -0.3 is 9.47 Å². The van der Waals surface area contributed by atoms with Crippen LogP contribution in [0.5, 0.6) is 0 Å². The molecule has 4 rings (SSSR count). The first-order valence-electron chi connectivity index (χ1n) is 10.2. The van der Waals surface area contributed by atoms with Crippen LogP contribution in [-0.4, -0.2) is 40.3 Å². The summed E-state index contributed by atoms with van der Waals surface area (Å²) in [5.74, 6) is -3.37. The summed E-state index contributed by atoms with van der Waals surface area (Å²) >= 11 is 0. The molecule has 1 aliphatic heterocycles. The molecule has 2 aromatic carbocycles. The third-order valence-corrected chi connectivity index (χ3v) is 5.76. The normalized spacial score (nSPS) is 14.4. The minimum Gasteiger partial charge on any atom is -0.350 e. The molecular formula is C23H22F2N4O3. The Bertz CT molecular complexity index is 1200. The molecule has 0 radical (unpaired) electrons. The summed E-state index contributed by atoms with van der Waals surface area (Å²) < 4.78 is 28.8. The molecule has 2 heterocycles. The number of hydrogen-bond donors (Lipinski definition) is 2. The number of benzene rings is 2. The van der Waals surface area contributed by atoms with Crippen LogP contribution in [0.15, 0.2) is 48.7 Å². The van der Waals surface area contributed by atoms with E-state index in [1.807, 2.05) is 35.9 Å². The van der Waals surface area contributed by atoms with Crippen LogP contribution < -0.4 is 10.9 Å². The van der Waals surface area contributed by atoms with Crippen LogP contribution in [0.25, 0.3) is 10.9 Å². The molecule has 1 aliphatic rings. The van der Waals surface area contributed by atoms with E-state index in [1.165, 1.54) is 4.90 Å². The lowest BCUT2D eigenvalue weighted by atomic mass is 9.95. The highest BCUT2D eigenvalue weighted by molar-refractivity contribution is 6.07. The number of carbonyl (C=O) groups is 3. The fraction of sp³-hybridized carbons (Fsp3) is 0.261. The second kappa shape index (κ2) is 8.78. The van der Waals surface area contributed by atoms with E-state index in [2.05, 4.69) is 10.9 Å². The topological polar surface area (TPSA) is 83.4 Å². The van der Waals surface area contributed by atoms with Gasteiger partial charge >= 0.3 is 0 Å². The first kappa shape index (κ1) is 21.5. The summed E-state index contributed by atoms with van der Waals surface area (Å²) in [5.41, 5.74) is 6.07. The van der Waals surface area contributed by atoms with Crippen molar-refractivity contribution in [2.75, 3.05) is 13.1 Å². The van der Waals surface area contributed by atoms with E-state index < -0.39 is 29.4 Å². The van der Waals surface area contributed by atoms with Crippen molar-refractivity contribution in [2.45, 2.75) is 12.8 Å². The highest BCUT2D eigenvalue weighted by Crippen LogP contribution is 2.22. The Kier molecular flexibility index (Phi) is 5.89. The van der Waals surface area contributed by atoms with E-state index in [1.54, 1.807) is 6.20 Å². The van der Waals surface area contributed by atoms with Gasteiger partial charge in [0, 0.05) is 49.2 Å². The molecule has 0 unspecified atom stereocenters. The number of carbonyl (C=O) groups excluding carboxylic acids is 3. The molecule has 1 fully saturated rings.